The van der Waals surface area contributed by atoms with Gasteiger partial charge in [-0.25, -0.2) is 0 Å². The zero-order valence-electron chi connectivity index (χ0n) is 11.2. The van der Waals surface area contributed by atoms with Crippen LogP contribution < -0.4 is 0 Å². The highest BCUT2D eigenvalue weighted by Gasteiger charge is 2.08. The van der Waals surface area contributed by atoms with Crippen molar-refractivity contribution in [1.82, 2.24) is 0 Å². The number of carboxylic acids is 1. The predicted molar refractivity (Wildman–Crippen MR) is 73.1 cm³/mol. The molecule has 0 radical (unpaired) electrons. The summed E-state index contributed by atoms with van der Waals surface area (Å²) in [6.07, 6.45) is 16.1. The van der Waals surface area contributed by atoms with Crippen LogP contribution in [0.3, 0.4) is 0 Å². The monoisotopic (exact) mass is 238 g/mol. The van der Waals surface area contributed by atoms with Gasteiger partial charge >= 0.3 is 5.97 Å². The third-order valence-corrected chi connectivity index (χ3v) is 2.79. The quantitative estimate of drug-likeness (QED) is 0.447. The molecule has 0 aliphatic heterocycles. The number of hydrogen-bond acceptors (Lipinski definition) is 1. The SMILES string of the molecule is CCCC/C=C/C=C\CCCCC(C)C(=O)O. The van der Waals surface area contributed by atoms with E-state index in [0.29, 0.717) is 0 Å². The van der Waals surface area contributed by atoms with E-state index in [1.54, 1.807) is 6.92 Å². The average Bonchev–Trinajstić information content (AvgIpc) is 2.31. The molecule has 0 aliphatic rings. The van der Waals surface area contributed by atoms with Crippen molar-refractivity contribution >= 4 is 5.97 Å². The number of carbonyl (C=O) groups is 1. The topological polar surface area (TPSA) is 37.3 Å². The summed E-state index contributed by atoms with van der Waals surface area (Å²) in [5, 5.41) is 8.70. The van der Waals surface area contributed by atoms with Gasteiger partial charge in [-0.3, -0.25) is 4.79 Å². The Hall–Kier alpha value is -1.05. The van der Waals surface area contributed by atoms with Gasteiger partial charge in [-0.15, -0.1) is 0 Å². The van der Waals surface area contributed by atoms with E-state index < -0.39 is 5.97 Å². The molecule has 0 rings (SSSR count). The molecule has 0 aliphatic carbocycles. The van der Waals surface area contributed by atoms with Crippen molar-refractivity contribution in [1.29, 1.82) is 0 Å². The molecule has 1 atom stereocenters. The second-order valence-electron chi connectivity index (χ2n) is 4.52. The summed E-state index contributed by atoms with van der Waals surface area (Å²) in [5.41, 5.74) is 0. The zero-order valence-corrected chi connectivity index (χ0v) is 11.2. The van der Waals surface area contributed by atoms with Gasteiger partial charge in [-0.1, -0.05) is 57.4 Å². The molecular weight excluding hydrogens is 212 g/mol. The third kappa shape index (κ3) is 11.2. The molecule has 0 saturated carbocycles. The van der Waals surface area contributed by atoms with Crippen molar-refractivity contribution in [2.24, 2.45) is 5.92 Å². The van der Waals surface area contributed by atoms with Gasteiger partial charge in [0.15, 0.2) is 0 Å². The van der Waals surface area contributed by atoms with Crippen molar-refractivity contribution in [3.8, 4) is 0 Å². The van der Waals surface area contributed by atoms with Gasteiger partial charge in [0, 0.05) is 0 Å². The van der Waals surface area contributed by atoms with Gasteiger partial charge in [0.2, 0.25) is 0 Å². The lowest BCUT2D eigenvalue weighted by Gasteiger charge is -2.03. The number of hydrogen-bond donors (Lipinski definition) is 1. The van der Waals surface area contributed by atoms with Crippen molar-refractivity contribution in [3.05, 3.63) is 24.3 Å². The normalized spacial score (nSPS) is 13.5. The van der Waals surface area contributed by atoms with E-state index in [0.717, 1.165) is 32.1 Å². The first-order valence-electron chi connectivity index (χ1n) is 6.73. The summed E-state index contributed by atoms with van der Waals surface area (Å²) in [7, 11) is 0. The zero-order chi connectivity index (χ0) is 12.9. The summed E-state index contributed by atoms with van der Waals surface area (Å²) in [6, 6.07) is 0. The fourth-order valence-electron chi connectivity index (χ4n) is 1.51. The second kappa shape index (κ2) is 11.4. The second-order valence-corrected chi connectivity index (χ2v) is 4.52. The molecule has 0 spiro atoms. The standard InChI is InChI=1S/C15H26O2/c1-3-4-5-6-7-8-9-10-11-12-13-14(2)15(16)17/h6-9,14H,3-5,10-13H2,1-2H3,(H,16,17)/b7-6+,9-8-. The van der Waals surface area contributed by atoms with Crippen LogP contribution in [-0.4, -0.2) is 11.1 Å². The molecule has 17 heavy (non-hydrogen) atoms. The van der Waals surface area contributed by atoms with Crippen LogP contribution in [-0.2, 0) is 4.79 Å². The largest absolute Gasteiger partial charge is 0.481 e. The number of carboxylic acid groups (broad SMARTS) is 1. The van der Waals surface area contributed by atoms with E-state index in [2.05, 4.69) is 31.2 Å². The molecule has 0 bridgehead atoms. The Morgan fingerprint density at radius 3 is 2.24 bits per heavy atom. The van der Waals surface area contributed by atoms with Crippen molar-refractivity contribution in [2.75, 3.05) is 0 Å². The van der Waals surface area contributed by atoms with Crippen LogP contribution in [0, 0.1) is 5.92 Å². The highest BCUT2D eigenvalue weighted by molar-refractivity contribution is 5.69. The van der Waals surface area contributed by atoms with Crippen LogP contribution in [0.15, 0.2) is 24.3 Å². The summed E-state index contributed by atoms with van der Waals surface area (Å²) >= 11 is 0. The van der Waals surface area contributed by atoms with Crippen LogP contribution >= 0.6 is 0 Å². The summed E-state index contributed by atoms with van der Waals surface area (Å²) < 4.78 is 0. The lowest BCUT2D eigenvalue weighted by molar-refractivity contribution is -0.141. The Morgan fingerprint density at radius 2 is 1.71 bits per heavy atom. The van der Waals surface area contributed by atoms with Crippen LogP contribution in [0.1, 0.15) is 58.8 Å². The number of aliphatic carboxylic acids is 1. The van der Waals surface area contributed by atoms with Gasteiger partial charge in [0.1, 0.15) is 0 Å². The van der Waals surface area contributed by atoms with E-state index in [9.17, 15) is 4.79 Å². The first kappa shape index (κ1) is 16.0. The van der Waals surface area contributed by atoms with E-state index in [1.165, 1.54) is 12.8 Å². The maximum atomic E-state index is 10.6. The molecule has 0 aromatic rings. The lowest BCUT2D eigenvalue weighted by atomic mass is 10.0. The van der Waals surface area contributed by atoms with E-state index >= 15 is 0 Å². The number of unbranched alkanes of at least 4 members (excludes halogenated alkanes) is 4. The number of rotatable bonds is 10. The molecule has 0 amide bonds. The Morgan fingerprint density at radius 1 is 1.12 bits per heavy atom. The fourth-order valence-corrected chi connectivity index (χ4v) is 1.51. The van der Waals surface area contributed by atoms with Gasteiger partial charge in [0.25, 0.3) is 0 Å². The van der Waals surface area contributed by atoms with E-state index in [-0.39, 0.29) is 5.92 Å². The Labute approximate surface area is 105 Å². The minimum atomic E-state index is -0.681. The van der Waals surface area contributed by atoms with Gasteiger partial charge in [-0.05, 0) is 25.7 Å². The maximum absolute atomic E-state index is 10.6. The van der Waals surface area contributed by atoms with Gasteiger partial charge in [-0.2, -0.15) is 0 Å². The Balaban J connectivity index is 3.36. The molecule has 0 aromatic heterocycles. The molecular formula is C15H26O2. The molecule has 0 heterocycles. The van der Waals surface area contributed by atoms with Crippen LogP contribution in [0.5, 0.6) is 0 Å². The first-order valence-corrected chi connectivity index (χ1v) is 6.73. The van der Waals surface area contributed by atoms with Crippen molar-refractivity contribution < 1.29 is 9.90 Å². The third-order valence-electron chi connectivity index (χ3n) is 2.79. The van der Waals surface area contributed by atoms with Crippen molar-refractivity contribution in [2.45, 2.75) is 58.8 Å². The average molecular weight is 238 g/mol. The first-order chi connectivity index (χ1) is 8.18. The summed E-state index contributed by atoms with van der Waals surface area (Å²) in [5.74, 6) is -0.882. The summed E-state index contributed by atoms with van der Waals surface area (Å²) in [6.45, 7) is 3.97. The predicted octanol–water partition coefficient (Wildman–Crippen LogP) is 4.57. The van der Waals surface area contributed by atoms with Gasteiger partial charge < -0.3 is 5.11 Å². The van der Waals surface area contributed by atoms with Crippen LogP contribution in [0.2, 0.25) is 0 Å². The molecule has 2 nitrogen and oxygen atoms in total. The highest BCUT2D eigenvalue weighted by atomic mass is 16.4. The Kier molecular flexibility index (Phi) is 10.7. The van der Waals surface area contributed by atoms with Crippen LogP contribution in [0.4, 0.5) is 0 Å². The molecule has 0 saturated heterocycles. The Bertz CT molecular complexity index is 241. The molecule has 98 valence electrons. The van der Waals surface area contributed by atoms with Crippen molar-refractivity contribution in [3.63, 3.8) is 0 Å². The fraction of sp³-hybridized carbons (Fsp3) is 0.667. The molecule has 1 unspecified atom stereocenters. The van der Waals surface area contributed by atoms with E-state index in [4.69, 9.17) is 5.11 Å². The molecule has 0 aromatic carbocycles. The molecule has 2 heteroatoms. The van der Waals surface area contributed by atoms with E-state index in [1.807, 2.05) is 0 Å². The maximum Gasteiger partial charge on any atom is 0.306 e. The number of allylic oxidation sites excluding steroid dienone is 4. The summed E-state index contributed by atoms with van der Waals surface area (Å²) in [4.78, 5) is 10.6. The minimum absolute atomic E-state index is 0.201. The van der Waals surface area contributed by atoms with Gasteiger partial charge in [0.05, 0.1) is 5.92 Å². The highest BCUT2D eigenvalue weighted by Crippen LogP contribution is 2.09. The molecule has 0 fully saturated rings. The lowest BCUT2D eigenvalue weighted by Crippen LogP contribution is -2.08. The smallest absolute Gasteiger partial charge is 0.306 e. The van der Waals surface area contributed by atoms with Crippen LogP contribution in [0.25, 0.3) is 0 Å². The molecule has 1 N–H and O–H groups in total. The minimum Gasteiger partial charge on any atom is -0.481 e.